The summed E-state index contributed by atoms with van der Waals surface area (Å²) in [6.45, 7) is 2.23. The van der Waals surface area contributed by atoms with Gasteiger partial charge in [0.15, 0.2) is 0 Å². The Balaban J connectivity index is 2.09. The monoisotopic (exact) mass is 205 g/mol. The van der Waals surface area contributed by atoms with Crippen molar-refractivity contribution in [2.24, 2.45) is 5.92 Å². The molecule has 1 aliphatic heterocycles. The lowest BCUT2D eigenvalue weighted by Gasteiger charge is -2.30. The van der Waals surface area contributed by atoms with Gasteiger partial charge in [0.1, 0.15) is 0 Å². The van der Waals surface area contributed by atoms with Gasteiger partial charge >= 0.3 is 0 Å². The zero-order chi connectivity index (χ0) is 10.5. The molecule has 0 saturated carbocycles. The molecular weight excluding hydrogens is 186 g/mol. The van der Waals surface area contributed by atoms with Crippen LogP contribution in [-0.2, 0) is 4.74 Å². The quantitative estimate of drug-likeness (QED) is 0.818. The Hall–Kier alpha value is -0.860. The molecule has 0 amide bonds. The van der Waals surface area contributed by atoms with Crippen molar-refractivity contribution in [3.05, 3.63) is 35.9 Å². The van der Waals surface area contributed by atoms with Crippen molar-refractivity contribution in [2.45, 2.75) is 18.9 Å². The molecule has 2 heteroatoms. The van der Waals surface area contributed by atoms with E-state index >= 15 is 0 Å². The van der Waals surface area contributed by atoms with Crippen LogP contribution in [0.1, 0.15) is 24.5 Å². The van der Waals surface area contributed by atoms with E-state index in [1.54, 1.807) is 0 Å². The molecule has 15 heavy (non-hydrogen) atoms. The predicted octanol–water partition coefficient (Wildman–Crippen LogP) is 2.37. The van der Waals surface area contributed by atoms with Gasteiger partial charge in [-0.05, 0) is 24.9 Å². The number of rotatable bonds is 3. The van der Waals surface area contributed by atoms with Crippen molar-refractivity contribution < 1.29 is 4.74 Å². The van der Waals surface area contributed by atoms with Crippen LogP contribution in [0.3, 0.4) is 0 Å². The third kappa shape index (κ3) is 2.58. The van der Waals surface area contributed by atoms with Gasteiger partial charge in [-0.3, -0.25) is 0 Å². The van der Waals surface area contributed by atoms with Crippen LogP contribution in [0.4, 0.5) is 0 Å². The summed E-state index contributed by atoms with van der Waals surface area (Å²) >= 11 is 0. The molecule has 0 aromatic heterocycles. The van der Waals surface area contributed by atoms with Crippen molar-refractivity contribution in [3.8, 4) is 0 Å². The Labute approximate surface area is 91.6 Å². The molecule has 1 saturated heterocycles. The third-order valence-electron chi connectivity index (χ3n) is 3.15. The van der Waals surface area contributed by atoms with Crippen LogP contribution < -0.4 is 5.32 Å². The van der Waals surface area contributed by atoms with E-state index in [4.69, 9.17) is 4.74 Å². The van der Waals surface area contributed by atoms with Gasteiger partial charge in [-0.25, -0.2) is 0 Å². The van der Waals surface area contributed by atoms with Crippen LogP contribution in [-0.4, -0.2) is 20.2 Å². The Bertz CT molecular complexity index is 280. The largest absolute Gasteiger partial charge is 0.376 e. The second-order valence-electron chi connectivity index (χ2n) is 4.17. The zero-order valence-electron chi connectivity index (χ0n) is 9.28. The van der Waals surface area contributed by atoms with Gasteiger partial charge in [-0.15, -0.1) is 0 Å². The number of hydrogen-bond donors (Lipinski definition) is 1. The molecule has 0 spiro atoms. The van der Waals surface area contributed by atoms with Crippen molar-refractivity contribution >= 4 is 0 Å². The fraction of sp³-hybridized carbons (Fsp3) is 0.538. The molecule has 0 radical (unpaired) electrons. The summed E-state index contributed by atoms with van der Waals surface area (Å²) in [5, 5.41) is 3.44. The van der Waals surface area contributed by atoms with E-state index in [1.165, 1.54) is 18.4 Å². The molecule has 1 heterocycles. The van der Waals surface area contributed by atoms with Crippen LogP contribution in [0.5, 0.6) is 0 Å². The van der Waals surface area contributed by atoms with Gasteiger partial charge in [0.05, 0.1) is 6.10 Å². The molecule has 1 aromatic carbocycles. The molecule has 82 valence electrons. The van der Waals surface area contributed by atoms with Gasteiger partial charge in [0, 0.05) is 19.6 Å². The molecule has 0 unspecified atom stereocenters. The van der Waals surface area contributed by atoms with Gasteiger partial charge in [0.2, 0.25) is 0 Å². The van der Waals surface area contributed by atoms with Crippen molar-refractivity contribution in [1.82, 2.24) is 5.32 Å². The Morgan fingerprint density at radius 2 is 2.13 bits per heavy atom. The maximum atomic E-state index is 5.64. The maximum absolute atomic E-state index is 5.64. The fourth-order valence-electron chi connectivity index (χ4n) is 2.38. The normalized spacial score (nSPS) is 23.7. The van der Waals surface area contributed by atoms with Crippen LogP contribution in [0, 0.1) is 5.92 Å². The first-order valence-electron chi connectivity index (χ1n) is 5.70. The first kappa shape index (κ1) is 10.7. The molecule has 0 aliphatic carbocycles. The molecule has 0 bridgehead atoms. The molecule has 2 nitrogen and oxygen atoms in total. The van der Waals surface area contributed by atoms with Crippen LogP contribution >= 0.6 is 0 Å². The third-order valence-corrected chi connectivity index (χ3v) is 3.15. The number of methoxy groups -OCH3 is 1. The van der Waals surface area contributed by atoms with Crippen LogP contribution in [0.25, 0.3) is 0 Å². The van der Waals surface area contributed by atoms with E-state index in [1.807, 2.05) is 7.11 Å². The van der Waals surface area contributed by atoms with E-state index in [0.29, 0.717) is 5.92 Å². The number of piperidine rings is 1. The summed E-state index contributed by atoms with van der Waals surface area (Å²) in [4.78, 5) is 0. The second kappa shape index (κ2) is 5.29. The molecule has 2 atom stereocenters. The van der Waals surface area contributed by atoms with Gasteiger partial charge < -0.3 is 10.1 Å². The molecule has 1 fully saturated rings. The molecule has 1 N–H and O–H groups in total. The highest BCUT2D eigenvalue weighted by atomic mass is 16.5. The minimum absolute atomic E-state index is 0.249. The Kier molecular flexibility index (Phi) is 3.75. The summed E-state index contributed by atoms with van der Waals surface area (Å²) in [6.07, 6.45) is 2.77. The minimum atomic E-state index is 0.249. The van der Waals surface area contributed by atoms with E-state index < -0.39 is 0 Å². The topological polar surface area (TPSA) is 21.3 Å². The highest BCUT2D eigenvalue weighted by molar-refractivity contribution is 5.18. The van der Waals surface area contributed by atoms with Crippen molar-refractivity contribution in [1.29, 1.82) is 0 Å². The van der Waals surface area contributed by atoms with Crippen molar-refractivity contribution in [3.63, 3.8) is 0 Å². The summed E-state index contributed by atoms with van der Waals surface area (Å²) < 4.78 is 5.64. The Morgan fingerprint density at radius 1 is 1.33 bits per heavy atom. The van der Waals surface area contributed by atoms with E-state index in [0.717, 1.165) is 13.1 Å². The second-order valence-corrected chi connectivity index (χ2v) is 4.17. The standard InChI is InChI=1S/C13H19NO/c1-15-13(11-6-3-2-4-7-11)12-8-5-9-14-10-12/h2-4,6-7,12-14H,5,8-10H2,1H3/t12-,13-/m0/s1. The zero-order valence-corrected chi connectivity index (χ0v) is 9.28. The lowest BCUT2D eigenvalue weighted by molar-refractivity contribution is 0.0409. The summed E-state index contributed by atoms with van der Waals surface area (Å²) in [7, 11) is 1.81. The van der Waals surface area contributed by atoms with E-state index in [-0.39, 0.29) is 6.10 Å². The number of benzene rings is 1. The van der Waals surface area contributed by atoms with E-state index in [2.05, 4.69) is 35.6 Å². The van der Waals surface area contributed by atoms with Gasteiger partial charge in [-0.2, -0.15) is 0 Å². The summed E-state index contributed by atoms with van der Waals surface area (Å²) in [5.74, 6) is 0.617. The lowest BCUT2D eigenvalue weighted by Crippen LogP contribution is -2.33. The molecule has 1 aliphatic rings. The summed E-state index contributed by atoms with van der Waals surface area (Å²) in [5.41, 5.74) is 1.30. The minimum Gasteiger partial charge on any atom is -0.376 e. The smallest absolute Gasteiger partial charge is 0.0861 e. The SMILES string of the molecule is CO[C@@H](c1ccccc1)[C@H]1CCCNC1. The average molecular weight is 205 g/mol. The highest BCUT2D eigenvalue weighted by Gasteiger charge is 2.24. The van der Waals surface area contributed by atoms with Crippen molar-refractivity contribution in [2.75, 3.05) is 20.2 Å². The lowest BCUT2D eigenvalue weighted by atomic mass is 9.89. The number of nitrogens with one attached hydrogen (secondary N) is 1. The fourth-order valence-corrected chi connectivity index (χ4v) is 2.38. The van der Waals surface area contributed by atoms with E-state index in [9.17, 15) is 0 Å². The number of ether oxygens (including phenoxy) is 1. The molecule has 1 aromatic rings. The number of hydrogen-bond acceptors (Lipinski definition) is 2. The van der Waals surface area contributed by atoms with Crippen LogP contribution in [0.15, 0.2) is 30.3 Å². The highest BCUT2D eigenvalue weighted by Crippen LogP contribution is 2.29. The summed E-state index contributed by atoms with van der Waals surface area (Å²) in [6, 6.07) is 10.5. The maximum Gasteiger partial charge on any atom is 0.0861 e. The predicted molar refractivity (Wildman–Crippen MR) is 61.8 cm³/mol. The first-order chi connectivity index (χ1) is 7.42. The van der Waals surface area contributed by atoms with Gasteiger partial charge in [-0.1, -0.05) is 30.3 Å². The van der Waals surface area contributed by atoms with Gasteiger partial charge in [0.25, 0.3) is 0 Å². The molecular formula is C13H19NO. The Morgan fingerprint density at radius 3 is 2.73 bits per heavy atom. The molecule has 2 rings (SSSR count). The first-order valence-corrected chi connectivity index (χ1v) is 5.70. The average Bonchev–Trinajstić information content (AvgIpc) is 2.33. The van der Waals surface area contributed by atoms with Crippen LogP contribution in [0.2, 0.25) is 0 Å².